The fourth-order valence-electron chi connectivity index (χ4n) is 3.62. The summed E-state index contributed by atoms with van der Waals surface area (Å²) >= 11 is 6.35. The van der Waals surface area contributed by atoms with Gasteiger partial charge in [-0.15, -0.1) is 0 Å². The molecule has 10 heteroatoms. The minimum atomic E-state index is -4.65. The molecule has 1 unspecified atom stereocenters. The van der Waals surface area contributed by atoms with Crippen LogP contribution in [0.15, 0.2) is 30.7 Å². The number of alkyl halides is 3. The number of likely N-dealkylation sites (tertiary alicyclic amines) is 1. The van der Waals surface area contributed by atoms with Crippen molar-refractivity contribution in [2.75, 3.05) is 27.2 Å². The molecule has 4 heterocycles. The number of aromatic nitrogens is 3. The summed E-state index contributed by atoms with van der Waals surface area (Å²) in [5.41, 5.74) is -0.595. The third kappa shape index (κ3) is 3.49. The minimum Gasteiger partial charge on any atom is -0.367 e. The molecule has 1 aliphatic heterocycles. The highest BCUT2D eigenvalue weighted by Gasteiger charge is 2.37. The van der Waals surface area contributed by atoms with Gasteiger partial charge in [-0.3, -0.25) is 9.20 Å². The molecule has 1 saturated heterocycles. The summed E-state index contributed by atoms with van der Waals surface area (Å²) in [5, 5.41) is -0.124. The van der Waals surface area contributed by atoms with E-state index in [1.54, 1.807) is 23.4 Å². The normalized spacial score (nSPS) is 17.6. The number of aromatic amines is 1. The van der Waals surface area contributed by atoms with Crippen molar-refractivity contribution in [1.82, 2.24) is 24.2 Å². The zero-order chi connectivity index (χ0) is 20.9. The molecule has 6 nitrogen and oxygen atoms in total. The standard InChI is InChI=1S/C19H19ClF3N5O/c1-26(2)13-4-6-27(10-13)18(29)15-16(20)28-9-12(11-3-5-24-8-11)7-14(17(28)25-15)19(21,22)23/h3,5,7-9,13,24H,4,6,10H2,1-2H3. The Morgan fingerprint density at radius 1 is 1.34 bits per heavy atom. The first-order valence-electron chi connectivity index (χ1n) is 9.04. The molecule has 1 atom stereocenters. The molecular weight excluding hydrogens is 407 g/mol. The van der Waals surface area contributed by atoms with Crippen molar-refractivity contribution in [3.63, 3.8) is 0 Å². The van der Waals surface area contributed by atoms with Crippen LogP contribution in [0.3, 0.4) is 0 Å². The number of imidazole rings is 1. The number of nitrogens with zero attached hydrogens (tertiary/aromatic N) is 4. The molecule has 1 fully saturated rings. The van der Waals surface area contributed by atoms with E-state index < -0.39 is 17.6 Å². The van der Waals surface area contributed by atoms with Crippen molar-refractivity contribution < 1.29 is 18.0 Å². The predicted molar refractivity (Wildman–Crippen MR) is 103 cm³/mol. The zero-order valence-corrected chi connectivity index (χ0v) is 16.6. The van der Waals surface area contributed by atoms with Crippen LogP contribution in [0.2, 0.25) is 5.15 Å². The van der Waals surface area contributed by atoms with Gasteiger partial charge >= 0.3 is 6.18 Å². The second kappa shape index (κ2) is 7.07. The van der Waals surface area contributed by atoms with Crippen LogP contribution < -0.4 is 0 Å². The molecule has 0 radical (unpaired) electrons. The molecule has 0 aromatic carbocycles. The van der Waals surface area contributed by atoms with Crippen LogP contribution in [0.25, 0.3) is 16.8 Å². The Labute approximate surface area is 169 Å². The summed E-state index contributed by atoms with van der Waals surface area (Å²) < 4.78 is 42.3. The van der Waals surface area contributed by atoms with Crippen LogP contribution in [0, 0.1) is 0 Å². The first-order chi connectivity index (χ1) is 13.7. The number of carbonyl (C=O) groups excluding carboxylic acids is 1. The highest BCUT2D eigenvalue weighted by molar-refractivity contribution is 6.33. The lowest BCUT2D eigenvalue weighted by Gasteiger charge is -2.19. The Bertz CT molecular complexity index is 1060. The number of hydrogen-bond acceptors (Lipinski definition) is 3. The molecule has 3 aromatic rings. The van der Waals surface area contributed by atoms with Crippen molar-refractivity contribution in [2.45, 2.75) is 18.6 Å². The topological polar surface area (TPSA) is 56.6 Å². The first-order valence-corrected chi connectivity index (χ1v) is 9.42. The summed E-state index contributed by atoms with van der Waals surface area (Å²) in [6.45, 7) is 0.989. The third-order valence-corrected chi connectivity index (χ3v) is 5.64. The van der Waals surface area contributed by atoms with E-state index in [0.29, 0.717) is 24.2 Å². The predicted octanol–water partition coefficient (Wildman–Crippen LogP) is 3.78. The Kier molecular flexibility index (Phi) is 4.82. The molecule has 1 aliphatic rings. The van der Waals surface area contributed by atoms with Gasteiger partial charge in [-0.2, -0.15) is 13.2 Å². The monoisotopic (exact) mass is 425 g/mol. The van der Waals surface area contributed by atoms with E-state index in [1.165, 1.54) is 6.20 Å². The lowest BCUT2D eigenvalue weighted by molar-refractivity contribution is -0.136. The Hall–Kier alpha value is -2.52. The Morgan fingerprint density at radius 3 is 2.69 bits per heavy atom. The van der Waals surface area contributed by atoms with E-state index in [2.05, 4.69) is 9.97 Å². The summed E-state index contributed by atoms with van der Waals surface area (Å²) in [6, 6.07) is 2.87. The van der Waals surface area contributed by atoms with Crippen molar-refractivity contribution in [1.29, 1.82) is 0 Å². The lowest BCUT2D eigenvalue weighted by Crippen LogP contribution is -2.34. The minimum absolute atomic E-state index is 0.124. The van der Waals surface area contributed by atoms with Gasteiger partial charge < -0.3 is 14.8 Å². The molecule has 154 valence electrons. The van der Waals surface area contributed by atoms with E-state index in [9.17, 15) is 18.0 Å². The molecule has 0 aliphatic carbocycles. The van der Waals surface area contributed by atoms with Gasteiger partial charge in [-0.05, 0) is 32.6 Å². The maximum atomic E-state index is 13.7. The number of fused-ring (bicyclic) bond motifs is 1. The number of nitrogens with one attached hydrogen (secondary N) is 1. The summed E-state index contributed by atoms with van der Waals surface area (Å²) in [5.74, 6) is -0.459. The number of H-pyrrole nitrogens is 1. The van der Waals surface area contributed by atoms with Crippen molar-refractivity contribution >= 4 is 23.2 Å². The number of carbonyl (C=O) groups is 1. The van der Waals surface area contributed by atoms with Crippen LogP contribution in [0.1, 0.15) is 22.5 Å². The highest BCUT2D eigenvalue weighted by atomic mass is 35.5. The second-order valence-corrected chi connectivity index (χ2v) is 7.70. The number of hydrogen-bond donors (Lipinski definition) is 1. The number of pyridine rings is 1. The van der Waals surface area contributed by atoms with Gasteiger partial charge in [0.25, 0.3) is 5.91 Å². The number of halogens is 4. The second-order valence-electron chi connectivity index (χ2n) is 7.34. The van der Waals surface area contributed by atoms with E-state index in [-0.39, 0.29) is 22.5 Å². The quantitative estimate of drug-likeness (QED) is 0.695. The number of likely N-dealkylation sites (N-methyl/N-ethyl adjacent to an activating group) is 1. The largest absolute Gasteiger partial charge is 0.420 e. The maximum absolute atomic E-state index is 13.7. The van der Waals surface area contributed by atoms with Crippen LogP contribution in [-0.4, -0.2) is 63.3 Å². The fourth-order valence-corrected chi connectivity index (χ4v) is 3.87. The molecular formula is C19H19ClF3N5O. The van der Waals surface area contributed by atoms with Crippen LogP contribution in [-0.2, 0) is 6.18 Å². The lowest BCUT2D eigenvalue weighted by atomic mass is 10.1. The van der Waals surface area contributed by atoms with Gasteiger partial charge in [-0.25, -0.2) is 4.98 Å². The molecule has 29 heavy (non-hydrogen) atoms. The van der Waals surface area contributed by atoms with Gasteiger partial charge in [-0.1, -0.05) is 11.6 Å². The highest BCUT2D eigenvalue weighted by Crippen LogP contribution is 2.37. The van der Waals surface area contributed by atoms with Gasteiger partial charge in [0.1, 0.15) is 5.15 Å². The summed E-state index contributed by atoms with van der Waals surface area (Å²) in [7, 11) is 3.85. The molecule has 4 rings (SSSR count). The number of amides is 1. The Morgan fingerprint density at radius 2 is 2.10 bits per heavy atom. The van der Waals surface area contributed by atoms with Gasteiger partial charge in [0.15, 0.2) is 11.3 Å². The SMILES string of the molecule is CN(C)C1CCN(C(=O)c2nc3c(C(F)(F)F)cc(-c4cc[nH]c4)cn3c2Cl)C1. The van der Waals surface area contributed by atoms with Crippen LogP contribution in [0.4, 0.5) is 13.2 Å². The Balaban J connectivity index is 1.81. The van der Waals surface area contributed by atoms with Gasteiger partial charge in [0.05, 0.1) is 5.56 Å². The molecule has 1 amide bonds. The average molecular weight is 426 g/mol. The average Bonchev–Trinajstić information content (AvgIpc) is 3.40. The first kappa shape index (κ1) is 19.8. The van der Waals surface area contributed by atoms with E-state index >= 15 is 0 Å². The molecule has 3 aromatic heterocycles. The fraction of sp³-hybridized carbons (Fsp3) is 0.368. The van der Waals surface area contributed by atoms with E-state index in [4.69, 9.17) is 11.6 Å². The molecule has 0 saturated carbocycles. The smallest absolute Gasteiger partial charge is 0.367 e. The van der Waals surface area contributed by atoms with Crippen molar-refractivity contribution in [2.24, 2.45) is 0 Å². The maximum Gasteiger partial charge on any atom is 0.420 e. The molecule has 0 bridgehead atoms. The third-order valence-electron chi connectivity index (χ3n) is 5.28. The van der Waals surface area contributed by atoms with Crippen molar-refractivity contribution in [3.05, 3.63) is 47.1 Å². The summed E-state index contributed by atoms with van der Waals surface area (Å²) in [6.07, 6.45) is 0.809. The van der Waals surface area contributed by atoms with Gasteiger partial charge in [0.2, 0.25) is 0 Å². The number of rotatable bonds is 3. The molecule has 0 spiro atoms. The van der Waals surface area contributed by atoms with E-state index in [0.717, 1.165) is 16.9 Å². The van der Waals surface area contributed by atoms with Crippen LogP contribution >= 0.6 is 11.6 Å². The van der Waals surface area contributed by atoms with Gasteiger partial charge in [0, 0.05) is 48.8 Å². The van der Waals surface area contributed by atoms with Crippen molar-refractivity contribution in [3.8, 4) is 11.1 Å². The van der Waals surface area contributed by atoms with E-state index in [1.807, 2.05) is 19.0 Å². The zero-order valence-electron chi connectivity index (χ0n) is 15.8. The summed E-state index contributed by atoms with van der Waals surface area (Å²) in [4.78, 5) is 23.4. The molecule has 1 N–H and O–H groups in total. The van der Waals surface area contributed by atoms with Crippen LogP contribution in [0.5, 0.6) is 0 Å².